The highest BCUT2D eigenvalue weighted by molar-refractivity contribution is 6.99. The van der Waals surface area contributed by atoms with Crippen molar-refractivity contribution in [3.05, 3.63) is 73.3 Å². The van der Waals surface area contributed by atoms with Gasteiger partial charge in [0.15, 0.2) is 0 Å². The van der Waals surface area contributed by atoms with Crippen molar-refractivity contribution in [1.29, 1.82) is 0 Å². The number of aliphatic hydroxyl groups is 1. The third-order valence-corrected chi connectivity index (χ3v) is 10.0. The largest absolute Gasteiger partial charge is 0.407 e. The molecule has 2 rings (SSSR count). The van der Waals surface area contributed by atoms with Crippen molar-refractivity contribution in [3.63, 3.8) is 0 Å². The summed E-state index contributed by atoms with van der Waals surface area (Å²) >= 11 is 0. The predicted molar refractivity (Wildman–Crippen MR) is 114 cm³/mol. The SMILES string of the molecule is C=CC[C@H](O)[C@@H](C)CO[Si](c1ccccc1)(c1ccccc1)C(C)(C)C. The number of benzene rings is 2. The minimum atomic E-state index is -2.52. The molecule has 0 radical (unpaired) electrons. The van der Waals surface area contributed by atoms with Crippen LogP contribution < -0.4 is 10.4 Å². The Bertz CT molecular complexity index is 637. The maximum Gasteiger partial charge on any atom is 0.261 e. The van der Waals surface area contributed by atoms with Crippen molar-refractivity contribution >= 4 is 18.7 Å². The van der Waals surface area contributed by atoms with Crippen LogP contribution in [0.1, 0.15) is 34.1 Å². The van der Waals surface area contributed by atoms with Crippen molar-refractivity contribution < 1.29 is 9.53 Å². The smallest absolute Gasteiger partial charge is 0.261 e. The van der Waals surface area contributed by atoms with Gasteiger partial charge in [-0.1, -0.05) is 94.4 Å². The van der Waals surface area contributed by atoms with Crippen LogP contribution in [0.3, 0.4) is 0 Å². The van der Waals surface area contributed by atoms with Crippen molar-refractivity contribution in [3.8, 4) is 0 Å². The molecule has 0 bridgehead atoms. The first-order valence-corrected chi connectivity index (χ1v) is 11.3. The summed E-state index contributed by atoms with van der Waals surface area (Å²) in [5.41, 5.74) is 0. The van der Waals surface area contributed by atoms with Crippen molar-refractivity contribution in [1.82, 2.24) is 0 Å². The fraction of sp³-hybridized carbons (Fsp3) is 0.391. The van der Waals surface area contributed by atoms with Crippen LogP contribution in [0, 0.1) is 5.92 Å². The first kappa shape index (κ1) is 20.6. The monoisotopic (exact) mass is 368 g/mol. The normalized spacial score (nSPS) is 14.7. The van der Waals surface area contributed by atoms with Crippen molar-refractivity contribution in [2.24, 2.45) is 5.92 Å². The topological polar surface area (TPSA) is 29.5 Å². The van der Waals surface area contributed by atoms with Crippen LogP contribution in [0.25, 0.3) is 0 Å². The molecular weight excluding hydrogens is 336 g/mol. The fourth-order valence-electron chi connectivity index (χ4n) is 3.53. The molecule has 0 amide bonds. The lowest BCUT2D eigenvalue weighted by molar-refractivity contribution is 0.0839. The van der Waals surface area contributed by atoms with Crippen molar-refractivity contribution in [2.75, 3.05) is 6.61 Å². The third-order valence-electron chi connectivity index (χ3n) is 5.04. The fourth-order valence-corrected chi connectivity index (χ4v) is 8.20. The van der Waals surface area contributed by atoms with E-state index in [9.17, 15) is 5.11 Å². The van der Waals surface area contributed by atoms with Crippen LogP contribution >= 0.6 is 0 Å². The Morgan fingerprint density at radius 1 is 1.00 bits per heavy atom. The summed E-state index contributed by atoms with van der Waals surface area (Å²) in [6.07, 6.45) is 1.93. The lowest BCUT2D eigenvalue weighted by atomic mass is 10.0. The second kappa shape index (κ2) is 8.80. The van der Waals surface area contributed by atoms with Gasteiger partial charge in [-0.15, -0.1) is 6.58 Å². The van der Waals surface area contributed by atoms with Gasteiger partial charge in [0.05, 0.1) is 6.10 Å². The molecule has 26 heavy (non-hydrogen) atoms. The molecule has 0 saturated carbocycles. The van der Waals surface area contributed by atoms with Gasteiger partial charge < -0.3 is 9.53 Å². The highest BCUT2D eigenvalue weighted by atomic mass is 28.4. The Hall–Kier alpha value is -1.68. The number of hydrogen-bond donors (Lipinski definition) is 1. The van der Waals surface area contributed by atoms with Gasteiger partial charge in [0, 0.05) is 12.5 Å². The van der Waals surface area contributed by atoms with Crippen LogP contribution in [0.5, 0.6) is 0 Å². The predicted octanol–water partition coefficient (Wildman–Crippen LogP) is 4.14. The standard InChI is InChI=1S/C23H32O2Si/c1-6-13-22(24)19(2)18-25-26(23(3,4)5,20-14-9-7-10-15-20)21-16-11-8-12-17-21/h6-12,14-17,19,22,24H,1,13,18H2,2-5H3/t19-,22-/m0/s1. The van der Waals surface area contributed by atoms with E-state index in [1.165, 1.54) is 10.4 Å². The number of hydrogen-bond acceptors (Lipinski definition) is 2. The van der Waals surface area contributed by atoms with Crippen LogP contribution in [0.15, 0.2) is 73.3 Å². The molecule has 2 aromatic carbocycles. The second-order valence-electron chi connectivity index (χ2n) is 8.04. The summed E-state index contributed by atoms with van der Waals surface area (Å²) < 4.78 is 6.84. The average Bonchev–Trinajstić information content (AvgIpc) is 2.63. The molecular formula is C23H32O2Si. The minimum absolute atomic E-state index is 0.0428. The molecule has 0 aliphatic rings. The van der Waals surface area contributed by atoms with E-state index in [4.69, 9.17) is 4.43 Å². The molecule has 0 aliphatic carbocycles. The molecule has 2 atom stereocenters. The highest BCUT2D eigenvalue weighted by Crippen LogP contribution is 2.37. The number of aliphatic hydroxyl groups excluding tert-OH is 1. The van der Waals surface area contributed by atoms with Gasteiger partial charge in [-0.2, -0.15) is 0 Å². The summed E-state index contributed by atoms with van der Waals surface area (Å²) in [7, 11) is -2.52. The lowest BCUT2D eigenvalue weighted by Gasteiger charge is -2.43. The zero-order valence-corrected chi connectivity index (χ0v) is 17.5. The van der Waals surface area contributed by atoms with E-state index in [0.29, 0.717) is 13.0 Å². The van der Waals surface area contributed by atoms with E-state index in [1.54, 1.807) is 6.08 Å². The molecule has 0 spiro atoms. The summed E-state index contributed by atoms with van der Waals surface area (Å²) in [5.74, 6) is 0.0506. The molecule has 0 unspecified atom stereocenters. The van der Waals surface area contributed by atoms with Crippen LogP contribution in [-0.4, -0.2) is 26.1 Å². The average molecular weight is 369 g/mol. The van der Waals surface area contributed by atoms with Gasteiger partial charge in [-0.25, -0.2) is 0 Å². The van der Waals surface area contributed by atoms with Crippen LogP contribution in [0.4, 0.5) is 0 Å². The molecule has 0 aromatic heterocycles. The molecule has 0 fully saturated rings. The Morgan fingerprint density at radius 3 is 1.85 bits per heavy atom. The second-order valence-corrected chi connectivity index (χ2v) is 12.3. The molecule has 3 heteroatoms. The summed E-state index contributed by atoms with van der Waals surface area (Å²) in [6, 6.07) is 21.2. The molecule has 0 heterocycles. The summed E-state index contributed by atoms with van der Waals surface area (Å²) in [4.78, 5) is 0. The van der Waals surface area contributed by atoms with E-state index in [2.05, 4.69) is 75.9 Å². The molecule has 1 N–H and O–H groups in total. The van der Waals surface area contributed by atoms with Gasteiger partial charge in [0.1, 0.15) is 0 Å². The highest BCUT2D eigenvalue weighted by Gasteiger charge is 2.50. The minimum Gasteiger partial charge on any atom is -0.407 e. The number of rotatable bonds is 8. The molecule has 2 aromatic rings. The van der Waals surface area contributed by atoms with E-state index in [0.717, 1.165) is 0 Å². The van der Waals surface area contributed by atoms with Crippen molar-refractivity contribution in [2.45, 2.75) is 45.3 Å². The molecule has 0 aliphatic heterocycles. The lowest BCUT2D eigenvalue weighted by Crippen LogP contribution is -2.67. The summed E-state index contributed by atoms with van der Waals surface area (Å²) in [6.45, 7) is 13.1. The van der Waals surface area contributed by atoms with Gasteiger partial charge >= 0.3 is 0 Å². The Balaban J connectivity index is 2.49. The van der Waals surface area contributed by atoms with E-state index >= 15 is 0 Å². The van der Waals surface area contributed by atoms with Gasteiger partial charge in [-0.3, -0.25) is 0 Å². The van der Waals surface area contributed by atoms with E-state index in [-0.39, 0.29) is 11.0 Å². The van der Waals surface area contributed by atoms with E-state index in [1.807, 2.05) is 19.1 Å². The quantitative estimate of drug-likeness (QED) is 0.561. The zero-order valence-electron chi connectivity index (χ0n) is 16.5. The van der Waals surface area contributed by atoms with Gasteiger partial charge in [0.25, 0.3) is 8.32 Å². The third kappa shape index (κ3) is 4.34. The summed E-state index contributed by atoms with van der Waals surface area (Å²) in [5, 5.41) is 12.8. The maximum atomic E-state index is 10.3. The first-order valence-electron chi connectivity index (χ1n) is 9.37. The first-order chi connectivity index (χ1) is 12.3. The van der Waals surface area contributed by atoms with Gasteiger partial charge in [0.2, 0.25) is 0 Å². The molecule has 2 nitrogen and oxygen atoms in total. The van der Waals surface area contributed by atoms with E-state index < -0.39 is 14.4 Å². The molecule has 0 saturated heterocycles. The van der Waals surface area contributed by atoms with Crippen LogP contribution in [0.2, 0.25) is 5.04 Å². The van der Waals surface area contributed by atoms with Gasteiger partial charge in [-0.05, 0) is 21.8 Å². The zero-order chi connectivity index (χ0) is 19.2. The molecule has 140 valence electrons. The Labute approximate surface area is 159 Å². The Morgan fingerprint density at radius 2 is 1.46 bits per heavy atom. The van der Waals surface area contributed by atoms with Crippen LogP contribution in [-0.2, 0) is 4.43 Å². The maximum absolute atomic E-state index is 10.3. The Kier molecular flexibility index (Phi) is 6.99.